The Bertz CT molecular complexity index is 1560. The van der Waals surface area contributed by atoms with Gasteiger partial charge in [-0.15, -0.1) is 10.2 Å². The molecule has 1 heterocycles. The smallest absolute Gasteiger partial charge is 0.407 e. The predicted octanol–water partition coefficient (Wildman–Crippen LogP) is 4.94. The molecule has 0 bridgehead atoms. The van der Waals surface area contributed by atoms with Gasteiger partial charge in [0.1, 0.15) is 6.04 Å². The van der Waals surface area contributed by atoms with E-state index in [-0.39, 0.29) is 30.4 Å². The highest BCUT2D eigenvalue weighted by atomic mass is 32.2. The van der Waals surface area contributed by atoms with Crippen LogP contribution in [0.4, 0.5) is 13.2 Å². The van der Waals surface area contributed by atoms with Gasteiger partial charge in [0, 0.05) is 25.7 Å². The van der Waals surface area contributed by atoms with Crippen molar-refractivity contribution in [1.29, 1.82) is 0 Å². The molecule has 2 atom stereocenters. The number of nitrogens with one attached hydrogen (secondary N) is 1. The Labute approximate surface area is 237 Å². The first kappa shape index (κ1) is 30.4. The molecule has 0 aliphatic rings. The predicted molar refractivity (Wildman–Crippen MR) is 150 cm³/mol. The second-order valence-corrected chi connectivity index (χ2v) is 12.4. The molecule has 0 spiro atoms. The van der Waals surface area contributed by atoms with E-state index in [9.17, 15) is 21.6 Å². The molecule has 1 aromatic heterocycles. The van der Waals surface area contributed by atoms with E-state index in [0.29, 0.717) is 23.1 Å². The maximum atomic E-state index is 13.9. The first-order valence-electron chi connectivity index (χ1n) is 12.8. The van der Waals surface area contributed by atoms with E-state index in [2.05, 4.69) is 15.5 Å². The molecular formula is C29H32F3N5O3S. The first-order chi connectivity index (χ1) is 19.2. The molecule has 4 rings (SSSR count). The molecule has 12 heteroatoms. The summed E-state index contributed by atoms with van der Waals surface area (Å²) in [7, 11) is -2.10. The Morgan fingerprint density at radius 2 is 1.56 bits per heavy atom. The van der Waals surface area contributed by atoms with Gasteiger partial charge in [0.25, 0.3) is 0 Å². The van der Waals surface area contributed by atoms with E-state index >= 15 is 0 Å². The van der Waals surface area contributed by atoms with Gasteiger partial charge in [-0.3, -0.25) is 5.32 Å². The van der Waals surface area contributed by atoms with Crippen LogP contribution in [-0.2, 0) is 35.1 Å². The SMILES string of the molecule is CN(Cc1cc(CNC(c2ccccc2)C(F)(F)F)cc(-c2nnc([C@](C)(N)Cc3ccccc3)o2)c1)S(C)(=O)=O. The molecule has 0 saturated heterocycles. The average Bonchev–Trinajstić information content (AvgIpc) is 3.40. The number of hydrogen-bond donors (Lipinski definition) is 2. The number of benzene rings is 3. The van der Waals surface area contributed by atoms with Crippen molar-refractivity contribution in [2.24, 2.45) is 5.73 Å². The van der Waals surface area contributed by atoms with Crippen molar-refractivity contribution in [3.63, 3.8) is 0 Å². The van der Waals surface area contributed by atoms with Gasteiger partial charge in [-0.1, -0.05) is 66.7 Å². The summed E-state index contributed by atoms with van der Waals surface area (Å²) in [5.74, 6) is 0.307. The molecule has 1 unspecified atom stereocenters. The molecule has 41 heavy (non-hydrogen) atoms. The van der Waals surface area contributed by atoms with Crippen LogP contribution >= 0.6 is 0 Å². The first-order valence-corrected chi connectivity index (χ1v) is 14.6. The summed E-state index contributed by atoms with van der Waals surface area (Å²) in [6.07, 6.45) is -3.03. The second kappa shape index (κ2) is 12.1. The van der Waals surface area contributed by atoms with E-state index in [0.717, 1.165) is 16.1 Å². The largest absolute Gasteiger partial charge is 0.419 e. The highest BCUT2D eigenvalue weighted by molar-refractivity contribution is 7.88. The zero-order chi connectivity index (χ0) is 29.8. The van der Waals surface area contributed by atoms with E-state index in [1.807, 2.05) is 30.3 Å². The molecule has 0 radical (unpaired) electrons. The van der Waals surface area contributed by atoms with Crippen molar-refractivity contribution in [2.75, 3.05) is 13.3 Å². The lowest BCUT2D eigenvalue weighted by molar-refractivity contribution is -0.158. The Balaban J connectivity index is 1.65. The highest BCUT2D eigenvalue weighted by Crippen LogP contribution is 2.33. The number of nitrogens with zero attached hydrogens (tertiary/aromatic N) is 3. The third-order valence-corrected chi connectivity index (χ3v) is 7.83. The van der Waals surface area contributed by atoms with Gasteiger partial charge in [-0.25, -0.2) is 12.7 Å². The maximum Gasteiger partial charge on any atom is 0.407 e. The fourth-order valence-corrected chi connectivity index (χ4v) is 4.79. The van der Waals surface area contributed by atoms with Crippen LogP contribution in [0.1, 0.15) is 41.1 Å². The van der Waals surface area contributed by atoms with Gasteiger partial charge in [0.2, 0.25) is 21.8 Å². The Hall–Kier alpha value is -3.58. The van der Waals surface area contributed by atoms with E-state index in [1.54, 1.807) is 43.3 Å². The van der Waals surface area contributed by atoms with Crippen molar-refractivity contribution in [2.45, 2.75) is 44.2 Å². The summed E-state index contributed by atoms with van der Waals surface area (Å²) in [6, 6.07) is 20.2. The summed E-state index contributed by atoms with van der Waals surface area (Å²) in [5, 5.41) is 10.9. The van der Waals surface area contributed by atoms with Crippen LogP contribution in [0.3, 0.4) is 0 Å². The van der Waals surface area contributed by atoms with Gasteiger partial charge in [-0.05, 0) is 47.7 Å². The van der Waals surface area contributed by atoms with Crippen LogP contribution in [0.2, 0.25) is 0 Å². The molecule has 218 valence electrons. The summed E-state index contributed by atoms with van der Waals surface area (Å²) in [5.41, 5.74) is 8.04. The number of sulfonamides is 1. The standard InChI is InChI=1S/C29H32F3N5O3S/c1-28(33,17-20-10-6-4-7-11-20)27-36-35-26(40-27)24-15-21(14-22(16-24)19-37(2)41(3,38)39)18-34-25(29(30,31)32)23-12-8-5-9-13-23/h4-16,25,34H,17-19,33H2,1-3H3/t25?,28-/m1/s1. The quantitative estimate of drug-likeness (QED) is 0.256. The normalized spacial score (nSPS) is 14.6. The van der Waals surface area contributed by atoms with E-state index in [1.165, 1.54) is 19.2 Å². The van der Waals surface area contributed by atoms with Gasteiger partial charge < -0.3 is 10.2 Å². The average molecular weight is 588 g/mol. The summed E-state index contributed by atoms with van der Waals surface area (Å²) in [6.45, 7) is 1.60. The van der Waals surface area contributed by atoms with Gasteiger partial charge in [-0.2, -0.15) is 13.2 Å². The van der Waals surface area contributed by atoms with E-state index in [4.69, 9.17) is 10.2 Å². The topological polar surface area (TPSA) is 114 Å². The summed E-state index contributed by atoms with van der Waals surface area (Å²) >= 11 is 0. The third-order valence-electron chi connectivity index (χ3n) is 6.57. The number of hydrogen-bond acceptors (Lipinski definition) is 7. The van der Waals surface area contributed by atoms with Crippen molar-refractivity contribution in [1.82, 2.24) is 19.8 Å². The maximum absolute atomic E-state index is 13.9. The van der Waals surface area contributed by atoms with Crippen LogP contribution in [-0.4, -0.2) is 42.4 Å². The van der Waals surface area contributed by atoms with Crippen LogP contribution in [0, 0.1) is 0 Å². The highest BCUT2D eigenvalue weighted by Gasteiger charge is 2.40. The zero-order valence-corrected chi connectivity index (χ0v) is 23.7. The fourth-order valence-electron chi connectivity index (χ4n) is 4.41. The second-order valence-electron chi connectivity index (χ2n) is 10.3. The molecule has 8 nitrogen and oxygen atoms in total. The molecule has 0 saturated carbocycles. The van der Waals surface area contributed by atoms with Crippen LogP contribution in [0.5, 0.6) is 0 Å². The zero-order valence-electron chi connectivity index (χ0n) is 22.9. The Kier molecular flexibility index (Phi) is 8.97. The van der Waals surface area contributed by atoms with Gasteiger partial charge in [0.15, 0.2) is 0 Å². The number of alkyl halides is 3. The van der Waals surface area contributed by atoms with Crippen molar-refractivity contribution in [3.8, 4) is 11.5 Å². The van der Waals surface area contributed by atoms with Crippen LogP contribution in [0.25, 0.3) is 11.5 Å². The molecular weight excluding hydrogens is 555 g/mol. The fraction of sp³-hybridized carbons (Fsp3) is 0.310. The molecule has 3 aromatic carbocycles. The minimum atomic E-state index is -4.54. The summed E-state index contributed by atoms with van der Waals surface area (Å²) in [4.78, 5) is 0. The number of aromatic nitrogens is 2. The molecule has 0 aliphatic heterocycles. The monoisotopic (exact) mass is 587 g/mol. The van der Waals surface area contributed by atoms with Crippen LogP contribution < -0.4 is 11.1 Å². The Morgan fingerprint density at radius 3 is 2.17 bits per heavy atom. The van der Waals surface area contributed by atoms with Crippen molar-refractivity contribution < 1.29 is 26.0 Å². The molecule has 0 amide bonds. The minimum absolute atomic E-state index is 0.00926. The van der Waals surface area contributed by atoms with Crippen molar-refractivity contribution in [3.05, 3.63) is 107 Å². The number of halogens is 3. The molecule has 0 fully saturated rings. The number of nitrogens with two attached hydrogens (primary N) is 1. The lowest BCUT2D eigenvalue weighted by Gasteiger charge is -2.23. The Morgan fingerprint density at radius 1 is 0.951 bits per heavy atom. The number of rotatable bonds is 11. The molecule has 0 aliphatic carbocycles. The van der Waals surface area contributed by atoms with Crippen LogP contribution in [0.15, 0.2) is 83.3 Å². The van der Waals surface area contributed by atoms with Gasteiger partial charge >= 0.3 is 6.18 Å². The van der Waals surface area contributed by atoms with Crippen molar-refractivity contribution >= 4 is 10.0 Å². The molecule has 3 N–H and O–H groups in total. The minimum Gasteiger partial charge on any atom is -0.419 e. The lowest BCUT2D eigenvalue weighted by atomic mass is 9.94. The summed E-state index contributed by atoms with van der Waals surface area (Å²) < 4.78 is 73.0. The lowest BCUT2D eigenvalue weighted by Crippen LogP contribution is -2.35. The molecule has 4 aromatic rings. The van der Waals surface area contributed by atoms with Gasteiger partial charge in [0.05, 0.1) is 11.8 Å². The van der Waals surface area contributed by atoms with E-state index < -0.39 is 27.8 Å². The third kappa shape index (κ3) is 8.00.